The largest absolute Gasteiger partial charge is 0.478 e. The number of benzene rings is 2. The molecule has 0 aliphatic heterocycles. The fourth-order valence-corrected chi connectivity index (χ4v) is 3.14. The molecule has 6 nitrogen and oxygen atoms in total. The van der Waals surface area contributed by atoms with E-state index in [9.17, 15) is 4.79 Å². The number of aryl methyl sites for hydroxylation is 1. The van der Waals surface area contributed by atoms with Crippen molar-refractivity contribution in [3.05, 3.63) is 76.6 Å². The monoisotopic (exact) mass is 354 g/mol. The normalized spacial score (nSPS) is 10.8. The van der Waals surface area contributed by atoms with Gasteiger partial charge in [-0.25, -0.2) is 9.47 Å². The zero-order valence-electron chi connectivity index (χ0n) is 13.7. The molecule has 128 valence electrons. The third kappa shape index (κ3) is 4.19. The van der Waals surface area contributed by atoms with Crippen LogP contribution in [0.4, 0.5) is 0 Å². The Morgan fingerprint density at radius 3 is 2.36 bits per heavy atom. The van der Waals surface area contributed by atoms with Gasteiger partial charge in [0.1, 0.15) is 0 Å². The third-order valence-corrected chi connectivity index (χ3v) is 4.80. The second-order valence-electron chi connectivity index (χ2n) is 5.72. The van der Waals surface area contributed by atoms with E-state index in [1.54, 1.807) is 24.3 Å². The zero-order chi connectivity index (χ0) is 17.8. The number of hydrogen-bond acceptors (Lipinski definition) is 5. The van der Waals surface area contributed by atoms with Gasteiger partial charge < -0.3 is 10.9 Å². The van der Waals surface area contributed by atoms with Crippen LogP contribution in [0, 0.1) is 6.92 Å². The summed E-state index contributed by atoms with van der Waals surface area (Å²) >= 11 is 1.47. The predicted octanol–water partition coefficient (Wildman–Crippen LogP) is 2.88. The third-order valence-electron chi connectivity index (χ3n) is 3.79. The Bertz CT molecular complexity index is 873. The van der Waals surface area contributed by atoms with Crippen LogP contribution in [0.15, 0.2) is 53.7 Å². The Hall–Kier alpha value is -2.80. The molecule has 0 aliphatic rings. The molecule has 3 N–H and O–H groups in total. The lowest BCUT2D eigenvalue weighted by molar-refractivity contribution is 0.0697. The minimum Gasteiger partial charge on any atom is -0.478 e. The molecular weight excluding hydrogens is 336 g/mol. The van der Waals surface area contributed by atoms with Crippen molar-refractivity contribution in [2.45, 2.75) is 24.3 Å². The number of aromatic carboxylic acids is 1. The van der Waals surface area contributed by atoms with Crippen LogP contribution in [-0.2, 0) is 12.2 Å². The molecule has 2 aromatic carbocycles. The number of hydrogen-bond donors (Lipinski definition) is 2. The van der Waals surface area contributed by atoms with Crippen LogP contribution in [0.25, 0.3) is 0 Å². The number of carboxylic acids is 1. The van der Waals surface area contributed by atoms with E-state index in [0.717, 1.165) is 11.1 Å². The fraction of sp³-hybridized carbons (Fsp3) is 0.167. The highest BCUT2D eigenvalue weighted by Gasteiger charge is 2.11. The maximum atomic E-state index is 10.9. The highest BCUT2D eigenvalue weighted by atomic mass is 32.2. The Kier molecular flexibility index (Phi) is 5.04. The number of carbonyl (C=O) groups is 1. The van der Waals surface area contributed by atoms with Gasteiger partial charge in [0.25, 0.3) is 0 Å². The summed E-state index contributed by atoms with van der Waals surface area (Å²) in [4.78, 5) is 10.9. The summed E-state index contributed by atoms with van der Waals surface area (Å²) in [7, 11) is 0. The standard InChI is InChI=1S/C18H18N4O2S/c1-12-2-4-13(5-3-12)10-16-20-21-18(22(16)19)25-11-14-6-8-15(9-7-14)17(23)24/h2-9H,10-11,19H2,1H3,(H,23,24). The first-order valence-electron chi connectivity index (χ1n) is 7.73. The molecule has 0 unspecified atom stereocenters. The minimum atomic E-state index is -0.929. The van der Waals surface area contributed by atoms with Crippen LogP contribution in [0.3, 0.4) is 0 Å². The van der Waals surface area contributed by atoms with Crippen molar-refractivity contribution in [1.29, 1.82) is 0 Å². The number of aromatic nitrogens is 3. The highest BCUT2D eigenvalue weighted by molar-refractivity contribution is 7.98. The SMILES string of the molecule is Cc1ccc(Cc2nnc(SCc3ccc(C(=O)O)cc3)n2N)cc1. The quantitative estimate of drug-likeness (QED) is 0.522. The molecule has 1 aromatic heterocycles. The van der Waals surface area contributed by atoms with Gasteiger partial charge in [-0.1, -0.05) is 53.7 Å². The number of nitrogen functional groups attached to an aromatic ring is 1. The van der Waals surface area contributed by atoms with Crippen LogP contribution < -0.4 is 5.84 Å². The van der Waals surface area contributed by atoms with E-state index < -0.39 is 5.97 Å². The summed E-state index contributed by atoms with van der Waals surface area (Å²) in [5, 5.41) is 17.9. The smallest absolute Gasteiger partial charge is 0.335 e. The molecule has 0 amide bonds. The van der Waals surface area contributed by atoms with Gasteiger partial charge in [-0.3, -0.25) is 0 Å². The Balaban J connectivity index is 1.64. The first kappa shape index (κ1) is 17.0. The van der Waals surface area contributed by atoms with E-state index in [1.807, 2.05) is 6.92 Å². The molecule has 0 saturated heterocycles. The number of thioether (sulfide) groups is 1. The lowest BCUT2D eigenvalue weighted by Crippen LogP contribution is -2.14. The van der Waals surface area contributed by atoms with Crippen LogP contribution in [-0.4, -0.2) is 25.9 Å². The van der Waals surface area contributed by atoms with Crippen molar-refractivity contribution in [2.75, 3.05) is 5.84 Å². The fourth-order valence-electron chi connectivity index (χ4n) is 2.31. The molecule has 0 fully saturated rings. The average molecular weight is 354 g/mol. The summed E-state index contributed by atoms with van der Waals surface area (Å²) in [6.45, 7) is 2.05. The molecule has 1 heterocycles. The van der Waals surface area contributed by atoms with Gasteiger partial charge >= 0.3 is 5.97 Å². The van der Waals surface area contributed by atoms with Gasteiger partial charge in [0.2, 0.25) is 5.16 Å². The predicted molar refractivity (Wildman–Crippen MR) is 97.1 cm³/mol. The van der Waals surface area contributed by atoms with Crippen LogP contribution in [0.1, 0.15) is 32.9 Å². The number of nitrogens with zero attached hydrogens (tertiary/aromatic N) is 3. The van der Waals surface area contributed by atoms with Gasteiger partial charge in [0.05, 0.1) is 5.56 Å². The second-order valence-corrected chi connectivity index (χ2v) is 6.66. The maximum absolute atomic E-state index is 10.9. The van der Waals surface area contributed by atoms with E-state index in [2.05, 4.69) is 34.5 Å². The van der Waals surface area contributed by atoms with Gasteiger partial charge in [-0.15, -0.1) is 10.2 Å². The highest BCUT2D eigenvalue weighted by Crippen LogP contribution is 2.21. The van der Waals surface area contributed by atoms with E-state index in [-0.39, 0.29) is 5.56 Å². The topological polar surface area (TPSA) is 94.0 Å². The summed E-state index contributed by atoms with van der Waals surface area (Å²) in [6, 6.07) is 15.0. The average Bonchev–Trinajstić information content (AvgIpc) is 2.95. The Labute approximate surface area is 149 Å². The Morgan fingerprint density at radius 2 is 1.72 bits per heavy atom. The van der Waals surface area contributed by atoms with Gasteiger partial charge in [0, 0.05) is 12.2 Å². The molecule has 3 aromatic rings. The maximum Gasteiger partial charge on any atom is 0.335 e. The molecule has 0 aliphatic carbocycles. The lowest BCUT2D eigenvalue weighted by Gasteiger charge is -2.05. The van der Waals surface area contributed by atoms with E-state index in [1.165, 1.54) is 22.0 Å². The minimum absolute atomic E-state index is 0.274. The number of carboxylic acid groups (broad SMARTS) is 1. The van der Waals surface area contributed by atoms with E-state index in [0.29, 0.717) is 23.2 Å². The first-order chi connectivity index (χ1) is 12.0. The molecule has 0 saturated carbocycles. The number of rotatable bonds is 6. The second kappa shape index (κ2) is 7.40. The Morgan fingerprint density at radius 1 is 1.08 bits per heavy atom. The van der Waals surface area contributed by atoms with Gasteiger partial charge in [-0.2, -0.15) is 0 Å². The van der Waals surface area contributed by atoms with E-state index >= 15 is 0 Å². The van der Waals surface area contributed by atoms with Crippen molar-refractivity contribution >= 4 is 17.7 Å². The molecule has 0 bridgehead atoms. The van der Waals surface area contributed by atoms with Crippen molar-refractivity contribution < 1.29 is 9.90 Å². The summed E-state index contributed by atoms with van der Waals surface area (Å²) in [5.41, 5.74) is 3.61. The van der Waals surface area contributed by atoms with Gasteiger partial charge in [0.15, 0.2) is 5.82 Å². The lowest BCUT2D eigenvalue weighted by atomic mass is 10.1. The van der Waals surface area contributed by atoms with Crippen molar-refractivity contribution in [3.8, 4) is 0 Å². The zero-order valence-corrected chi connectivity index (χ0v) is 14.5. The van der Waals surface area contributed by atoms with Crippen LogP contribution in [0.2, 0.25) is 0 Å². The van der Waals surface area contributed by atoms with Crippen LogP contribution >= 0.6 is 11.8 Å². The molecule has 7 heteroatoms. The molecule has 3 rings (SSSR count). The molecular formula is C18H18N4O2S. The van der Waals surface area contributed by atoms with Crippen LogP contribution in [0.5, 0.6) is 0 Å². The summed E-state index contributed by atoms with van der Waals surface area (Å²) in [6.07, 6.45) is 0.623. The molecule has 0 atom stereocenters. The van der Waals surface area contributed by atoms with Gasteiger partial charge in [-0.05, 0) is 30.2 Å². The van der Waals surface area contributed by atoms with Crippen molar-refractivity contribution in [3.63, 3.8) is 0 Å². The number of nitrogens with two attached hydrogens (primary N) is 1. The summed E-state index contributed by atoms with van der Waals surface area (Å²) in [5.74, 6) is 6.51. The van der Waals surface area contributed by atoms with Crippen molar-refractivity contribution in [2.24, 2.45) is 0 Å². The summed E-state index contributed by atoms with van der Waals surface area (Å²) < 4.78 is 1.51. The first-order valence-corrected chi connectivity index (χ1v) is 8.71. The molecule has 25 heavy (non-hydrogen) atoms. The van der Waals surface area contributed by atoms with Crippen molar-refractivity contribution in [1.82, 2.24) is 14.9 Å². The van der Waals surface area contributed by atoms with E-state index in [4.69, 9.17) is 10.9 Å². The molecule has 0 spiro atoms. The molecule has 0 radical (unpaired) electrons.